The third kappa shape index (κ3) is 3.35. The summed E-state index contributed by atoms with van der Waals surface area (Å²) >= 11 is 2.95. The molecular formula is C12H6BrF4NO2S. The van der Waals surface area contributed by atoms with Crippen molar-refractivity contribution in [1.82, 2.24) is 0 Å². The molecule has 0 saturated carbocycles. The van der Waals surface area contributed by atoms with Crippen molar-refractivity contribution in [2.75, 3.05) is 4.72 Å². The van der Waals surface area contributed by atoms with Gasteiger partial charge in [0.1, 0.15) is 16.5 Å². The third-order valence-electron chi connectivity index (χ3n) is 2.44. The molecule has 112 valence electrons. The van der Waals surface area contributed by atoms with Crippen molar-refractivity contribution in [2.24, 2.45) is 0 Å². The zero-order valence-corrected chi connectivity index (χ0v) is 12.4. The molecule has 0 amide bonds. The fraction of sp³-hybridized carbons (Fsp3) is 0. The molecule has 21 heavy (non-hydrogen) atoms. The summed E-state index contributed by atoms with van der Waals surface area (Å²) in [5.41, 5.74) is -0.823. The molecule has 0 radical (unpaired) electrons. The molecule has 1 N–H and O–H groups in total. The lowest BCUT2D eigenvalue weighted by Gasteiger charge is -2.10. The minimum atomic E-state index is -4.49. The molecule has 0 atom stereocenters. The topological polar surface area (TPSA) is 46.2 Å². The predicted molar refractivity (Wildman–Crippen MR) is 71.2 cm³/mol. The van der Waals surface area contributed by atoms with Crippen molar-refractivity contribution >= 4 is 31.6 Å². The second-order valence-corrected chi connectivity index (χ2v) is 6.49. The Hall–Kier alpha value is -1.61. The summed E-state index contributed by atoms with van der Waals surface area (Å²) in [7, 11) is -4.49. The Morgan fingerprint density at radius 3 is 2.10 bits per heavy atom. The lowest BCUT2D eigenvalue weighted by molar-refractivity contribution is 0.496. The van der Waals surface area contributed by atoms with Gasteiger partial charge in [-0.1, -0.05) is 15.9 Å². The van der Waals surface area contributed by atoms with Crippen molar-refractivity contribution in [3.8, 4) is 0 Å². The average molecular weight is 384 g/mol. The molecule has 0 unspecified atom stereocenters. The van der Waals surface area contributed by atoms with Crippen molar-refractivity contribution in [3.05, 3.63) is 58.1 Å². The summed E-state index contributed by atoms with van der Waals surface area (Å²) in [4.78, 5) is -0.755. The Balaban J connectivity index is 2.45. The molecule has 2 rings (SSSR count). The van der Waals surface area contributed by atoms with Crippen LogP contribution < -0.4 is 4.72 Å². The predicted octanol–water partition coefficient (Wildman–Crippen LogP) is 3.81. The highest BCUT2D eigenvalue weighted by Crippen LogP contribution is 2.24. The van der Waals surface area contributed by atoms with Crippen LogP contribution in [-0.4, -0.2) is 8.42 Å². The maximum atomic E-state index is 13.6. The van der Waals surface area contributed by atoms with Crippen molar-refractivity contribution in [2.45, 2.75) is 4.90 Å². The van der Waals surface area contributed by atoms with Crippen LogP contribution in [-0.2, 0) is 10.0 Å². The van der Waals surface area contributed by atoms with Gasteiger partial charge in [-0.2, -0.15) is 0 Å². The maximum Gasteiger partial charge on any atom is 0.264 e. The highest BCUT2D eigenvalue weighted by molar-refractivity contribution is 9.10. The molecule has 9 heteroatoms. The van der Waals surface area contributed by atoms with Gasteiger partial charge in [0, 0.05) is 16.6 Å². The van der Waals surface area contributed by atoms with E-state index in [1.165, 1.54) is 6.07 Å². The summed E-state index contributed by atoms with van der Waals surface area (Å²) in [6.07, 6.45) is 0. The summed E-state index contributed by atoms with van der Waals surface area (Å²) in [6.45, 7) is 0. The van der Waals surface area contributed by atoms with Crippen LogP contribution in [0.25, 0.3) is 0 Å². The van der Waals surface area contributed by atoms with E-state index in [-0.39, 0.29) is 6.07 Å². The van der Waals surface area contributed by atoms with Gasteiger partial charge in [-0.3, -0.25) is 4.72 Å². The fourth-order valence-electron chi connectivity index (χ4n) is 1.49. The Kier molecular flexibility index (Phi) is 4.24. The highest BCUT2D eigenvalue weighted by atomic mass is 79.9. The van der Waals surface area contributed by atoms with E-state index in [2.05, 4.69) is 15.9 Å². The quantitative estimate of drug-likeness (QED) is 0.647. The van der Waals surface area contributed by atoms with Gasteiger partial charge >= 0.3 is 0 Å². The van der Waals surface area contributed by atoms with Crippen molar-refractivity contribution in [1.29, 1.82) is 0 Å². The molecule has 2 aromatic carbocycles. The number of hydrogen-bond acceptors (Lipinski definition) is 2. The summed E-state index contributed by atoms with van der Waals surface area (Å²) in [5, 5.41) is 0. The molecule has 0 aliphatic rings. The van der Waals surface area contributed by atoms with Gasteiger partial charge in [-0.05, 0) is 18.2 Å². The van der Waals surface area contributed by atoms with E-state index in [1.54, 1.807) is 4.72 Å². The zero-order valence-electron chi connectivity index (χ0n) is 10.0. The van der Waals surface area contributed by atoms with Crippen molar-refractivity contribution < 1.29 is 26.0 Å². The Morgan fingerprint density at radius 2 is 1.48 bits per heavy atom. The molecule has 0 spiro atoms. The second-order valence-electron chi connectivity index (χ2n) is 3.93. The lowest BCUT2D eigenvalue weighted by Crippen LogP contribution is -2.16. The van der Waals surface area contributed by atoms with Crippen LogP contribution in [0.1, 0.15) is 0 Å². The SMILES string of the molecule is O=S(=O)(Nc1cc(F)c(F)cc1F)c1ccc(Br)cc1F. The van der Waals surface area contributed by atoms with Gasteiger partial charge in [0.2, 0.25) is 0 Å². The molecule has 3 nitrogen and oxygen atoms in total. The van der Waals surface area contributed by atoms with E-state index in [4.69, 9.17) is 0 Å². The zero-order chi connectivity index (χ0) is 15.8. The monoisotopic (exact) mass is 383 g/mol. The summed E-state index contributed by atoms with van der Waals surface area (Å²) < 4.78 is 78.6. The number of halogens is 5. The standard InChI is InChI=1S/C12H6BrF4NO2S/c13-6-1-2-12(10(17)3-6)21(19,20)18-11-5-8(15)7(14)4-9(11)16/h1-5,18H. The molecule has 0 aromatic heterocycles. The lowest BCUT2D eigenvalue weighted by atomic mass is 10.3. The molecule has 0 saturated heterocycles. The molecule has 2 aromatic rings. The molecule has 0 fully saturated rings. The van der Waals surface area contributed by atoms with Gasteiger partial charge in [0.25, 0.3) is 10.0 Å². The number of nitrogens with one attached hydrogen (secondary N) is 1. The second kappa shape index (κ2) is 5.64. The first kappa shape index (κ1) is 15.8. The maximum absolute atomic E-state index is 13.6. The van der Waals surface area contributed by atoms with Crippen molar-refractivity contribution in [3.63, 3.8) is 0 Å². The van der Waals surface area contributed by atoms with E-state index in [0.717, 1.165) is 12.1 Å². The number of rotatable bonds is 3. The molecule has 0 aliphatic heterocycles. The van der Waals surface area contributed by atoms with E-state index >= 15 is 0 Å². The van der Waals surface area contributed by atoms with Crippen LogP contribution in [0.15, 0.2) is 39.7 Å². The largest absolute Gasteiger partial charge is 0.276 e. The fourth-order valence-corrected chi connectivity index (χ4v) is 2.95. The normalized spacial score (nSPS) is 11.5. The number of sulfonamides is 1. The van der Waals surface area contributed by atoms with E-state index in [0.29, 0.717) is 10.5 Å². The van der Waals surface area contributed by atoms with Crippen LogP contribution in [0.5, 0.6) is 0 Å². The van der Waals surface area contributed by atoms with Crippen LogP contribution in [0, 0.1) is 23.3 Å². The Labute approximate surface area is 125 Å². The van der Waals surface area contributed by atoms with Gasteiger partial charge in [0.15, 0.2) is 11.6 Å². The number of anilines is 1. The van der Waals surface area contributed by atoms with Gasteiger partial charge in [0.05, 0.1) is 5.69 Å². The molecule has 0 bridgehead atoms. The minimum absolute atomic E-state index is 0.186. The highest BCUT2D eigenvalue weighted by Gasteiger charge is 2.22. The molecule has 0 heterocycles. The van der Waals surface area contributed by atoms with Crippen LogP contribution in [0.2, 0.25) is 0 Å². The Bertz CT molecular complexity index is 811. The third-order valence-corrected chi connectivity index (χ3v) is 4.33. The van der Waals surface area contributed by atoms with Crippen LogP contribution in [0.3, 0.4) is 0 Å². The van der Waals surface area contributed by atoms with Gasteiger partial charge in [-0.15, -0.1) is 0 Å². The Morgan fingerprint density at radius 1 is 0.857 bits per heavy atom. The minimum Gasteiger partial charge on any atom is -0.276 e. The summed E-state index contributed by atoms with van der Waals surface area (Å²) in [6, 6.07) is 3.62. The molecular weight excluding hydrogens is 378 g/mol. The van der Waals surface area contributed by atoms with E-state index in [1.807, 2.05) is 0 Å². The smallest absolute Gasteiger partial charge is 0.264 e. The van der Waals surface area contributed by atoms with Gasteiger partial charge in [-0.25, -0.2) is 26.0 Å². The average Bonchev–Trinajstić information content (AvgIpc) is 2.35. The first-order valence-electron chi connectivity index (χ1n) is 5.33. The molecule has 0 aliphatic carbocycles. The van der Waals surface area contributed by atoms with Gasteiger partial charge < -0.3 is 0 Å². The van der Waals surface area contributed by atoms with E-state index < -0.39 is 43.9 Å². The van der Waals surface area contributed by atoms with Crippen LogP contribution >= 0.6 is 15.9 Å². The first-order chi connectivity index (χ1) is 9.70. The number of benzene rings is 2. The van der Waals surface area contributed by atoms with Crippen LogP contribution in [0.4, 0.5) is 23.2 Å². The summed E-state index contributed by atoms with van der Waals surface area (Å²) in [5.74, 6) is -5.31. The van der Waals surface area contributed by atoms with E-state index in [9.17, 15) is 26.0 Å². The first-order valence-corrected chi connectivity index (χ1v) is 7.61. The number of hydrogen-bond donors (Lipinski definition) is 1.